The Bertz CT molecular complexity index is 775. The molecule has 1 aromatic carbocycles. The van der Waals surface area contributed by atoms with Gasteiger partial charge in [-0.05, 0) is 34.9 Å². The highest BCUT2D eigenvalue weighted by molar-refractivity contribution is 7.54. The van der Waals surface area contributed by atoms with E-state index in [0.717, 1.165) is 24.8 Å². The summed E-state index contributed by atoms with van der Waals surface area (Å²) in [6.07, 6.45) is 20.7. The van der Waals surface area contributed by atoms with E-state index in [2.05, 4.69) is 6.92 Å². The first kappa shape index (κ1) is 35.2. The van der Waals surface area contributed by atoms with Crippen molar-refractivity contribution in [1.29, 1.82) is 0 Å². The molecule has 0 bridgehead atoms. The third kappa shape index (κ3) is 10.6. The highest BCUT2D eigenvalue weighted by Gasteiger charge is 2.64. The molecule has 2 N–H and O–H groups in total. The third-order valence-corrected chi connectivity index (χ3v) is 11.1. The average Bonchev–Trinajstić information content (AvgIpc) is 2.80. The van der Waals surface area contributed by atoms with Crippen LogP contribution < -0.4 is 0 Å². The number of hydrogen-bond acceptors (Lipinski definition) is 3. The molecule has 0 heterocycles. The van der Waals surface area contributed by atoms with Crippen molar-refractivity contribution in [2.45, 2.75) is 156 Å². The van der Waals surface area contributed by atoms with E-state index < -0.39 is 23.6 Å². The molecule has 0 aliphatic carbocycles. The Balaban J connectivity index is 2.40. The van der Waals surface area contributed by atoms with Gasteiger partial charge in [-0.2, -0.15) is 0 Å². The number of hydrogen-bond donors (Lipinski definition) is 2. The van der Waals surface area contributed by atoms with Gasteiger partial charge in [0.05, 0.1) is 6.61 Å². The molecule has 1 unspecified atom stereocenters. The van der Waals surface area contributed by atoms with Crippen molar-refractivity contribution in [3.05, 3.63) is 29.8 Å². The number of phenols is 1. The number of benzene rings is 1. The maximum atomic E-state index is 14.0. The highest BCUT2D eigenvalue weighted by Crippen LogP contribution is 2.74. The smallest absolute Gasteiger partial charge is 0.339 e. The molecule has 0 radical (unpaired) electrons. The van der Waals surface area contributed by atoms with Gasteiger partial charge in [0, 0.05) is 0 Å². The number of phenolic OH excluding ortho intramolecular Hbond substituents is 1. The Hall–Kier alpha value is -0.830. The van der Waals surface area contributed by atoms with Gasteiger partial charge in [-0.3, -0.25) is 4.57 Å². The number of unbranched alkanes of at least 4 members (excludes halogenated alkanes) is 15. The molecule has 0 fully saturated rings. The minimum Gasteiger partial charge on any atom is -0.508 e. The van der Waals surface area contributed by atoms with Crippen molar-refractivity contribution < 1.29 is 19.1 Å². The normalized spacial score (nSPS) is 14.5. The van der Waals surface area contributed by atoms with Gasteiger partial charge in [0.25, 0.3) is 0 Å². The minimum absolute atomic E-state index is 0.146. The largest absolute Gasteiger partial charge is 0.508 e. The molecule has 0 aromatic heterocycles. The van der Waals surface area contributed by atoms with E-state index in [4.69, 9.17) is 4.52 Å². The summed E-state index contributed by atoms with van der Waals surface area (Å²) in [5.41, 5.74) is -0.379. The van der Waals surface area contributed by atoms with Crippen LogP contribution in [0.4, 0.5) is 0 Å². The van der Waals surface area contributed by atoms with Gasteiger partial charge in [-0.25, -0.2) is 0 Å². The molecule has 222 valence electrons. The Labute approximate surface area is 235 Å². The van der Waals surface area contributed by atoms with Crippen LogP contribution in [0.15, 0.2) is 24.3 Å². The molecule has 0 amide bonds. The summed E-state index contributed by atoms with van der Waals surface area (Å²) in [6, 6.07) is 6.73. The van der Waals surface area contributed by atoms with E-state index >= 15 is 0 Å². The van der Waals surface area contributed by atoms with Gasteiger partial charge in [-0.15, -0.1) is 0 Å². The molecule has 1 rings (SSSR count). The molecule has 1 aromatic rings. The van der Waals surface area contributed by atoms with E-state index in [1.165, 1.54) is 83.5 Å². The summed E-state index contributed by atoms with van der Waals surface area (Å²) in [5, 5.41) is 8.70. The highest BCUT2D eigenvalue weighted by atomic mass is 31.2. The molecule has 0 saturated heterocycles. The van der Waals surface area contributed by atoms with Crippen LogP contribution in [0, 0.1) is 10.8 Å². The number of aromatic hydroxyl groups is 1. The quantitative estimate of drug-likeness (QED) is 0.125. The van der Waals surface area contributed by atoms with E-state index in [1.807, 2.05) is 41.5 Å². The van der Waals surface area contributed by atoms with Crippen molar-refractivity contribution in [2.24, 2.45) is 10.8 Å². The van der Waals surface area contributed by atoms with Crippen LogP contribution in [-0.2, 0) is 14.2 Å². The second kappa shape index (κ2) is 17.1. The minimum atomic E-state index is -4.09. The second-order valence-corrected chi connectivity index (χ2v) is 15.4. The lowest BCUT2D eigenvalue weighted by Gasteiger charge is -2.54. The first-order valence-electron chi connectivity index (χ1n) is 15.6. The van der Waals surface area contributed by atoms with Crippen molar-refractivity contribution >= 4 is 7.60 Å². The van der Waals surface area contributed by atoms with E-state index in [0.29, 0.717) is 0 Å². The Kier molecular flexibility index (Phi) is 15.8. The van der Waals surface area contributed by atoms with Crippen molar-refractivity contribution in [2.75, 3.05) is 6.61 Å². The van der Waals surface area contributed by atoms with E-state index in [-0.39, 0.29) is 12.4 Å². The maximum absolute atomic E-state index is 14.0. The Morgan fingerprint density at radius 1 is 0.632 bits per heavy atom. The molecule has 38 heavy (non-hydrogen) atoms. The third-order valence-electron chi connectivity index (χ3n) is 8.14. The standard InChI is InChI=1S/C33H61O4P/c1-8-9-10-11-12-13-14-15-16-17-18-19-20-21-22-23-28-37-38(35,36)33(31(2,3)4,32(5,6)7)29-24-26-30(34)27-25-29/h24-27,34H,8-23,28H2,1-7H3,(H,35,36). The zero-order valence-corrected chi connectivity index (χ0v) is 26.9. The van der Waals surface area contributed by atoms with Gasteiger partial charge in [0.15, 0.2) is 0 Å². The van der Waals surface area contributed by atoms with Crippen LogP contribution in [0.2, 0.25) is 0 Å². The van der Waals surface area contributed by atoms with Crippen LogP contribution in [-0.4, -0.2) is 16.6 Å². The van der Waals surface area contributed by atoms with Crippen LogP contribution in [0.5, 0.6) is 5.75 Å². The topological polar surface area (TPSA) is 66.8 Å². The Morgan fingerprint density at radius 2 is 0.974 bits per heavy atom. The molecule has 0 aliphatic rings. The molecule has 0 spiro atoms. The summed E-state index contributed by atoms with van der Waals surface area (Å²) in [5.74, 6) is 0.146. The van der Waals surface area contributed by atoms with Gasteiger partial charge >= 0.3 is 7.60 Å². The molecular weight excluding hydrogens is 491 g/mol. The fraction of sp³-hybridized carbons (Fsp3) is 0.818. The van der Waals surface area contributed by atoms with Crippen molar-refractivity contribution in [3.8, 4) is 5.75 Å². The fourth-order valence-electron chi connectivity index (χ4n) is 6.64. The van der Waals surface area contributed by atoms with Crippen molar-refractivity contribution in [3.63, 3.8) is 0 Å². The monoisotopic (exact) mass is 552 g/mol. The maximum Gasteiger partial charge on any atom is 0.339 e. The summed E-state index contributed by atoms with van der Waals surface area (Å²) in [4.78, 5) is 11.5. The molecule has 1 atom stereocenters. The average molecular weight is 553 g/mol. The van der Waals surface area contributed by atoms with E-state index in [9.17, 15) is 14.6 Å². The Morgan fingerprint density at radius 3 is 1.32 bits per heavy atom. The van der Waals surface area contributed by atoms with Crippen LogP contribution in [0.1, 0.15) is 157 Å². The van der Waals surface area contributed by atoms with Gasteiger partial charge in [0.2, 0.25) is 0 Å². The predicted molar refractivity (Wildman–Crippen MR) is 164 cm³/mol. The van der Waals surface area contributed by atoms with Gasteiger partial charge < -0.3 is 14.5 Å². The van der Waals surface area contributed by atoms with Crippen LogP contribution in [0.25, 0.3) is 0 Å². The van der Waals surface area contributed by atoms with Gasteiger partial charge in [-0.1, -0.05) is 157 Å². The number of rotatable bonds is 20. The predicted octanol–water partition coefficient (Wildman–Crippen LogP) is 11.1. The first-order valence-corrected chi connectivity index (χ1v) is 17.2. The molecule has 5 heteroatoms. The zero-order valence-electron chi connectivity index (χ0n) is 26.0. The SMILES string of the molecule is CCCCCCCCCCCCCCCCCCOP(=O)(O)C(c1ccc(O)cc1)(C(C)(C)C)C(C)(C)C. The molecule has 0 saturated carbocycles. The fourth-order valence-corrected chi connectivity index (χ4v) is 9.38. The summed E-state index contributed by atoms with van der Waals surface area (Å²) >= 11 is 0. The van der Waals surface area contributed by atoms with Gasteiger partial charge in [0.1, 0.15) is 10.9 Å². The first-order chi connectivity index (χ1) is 17.8. The molecule has 4 nitrogen and oxygen atoms in total. The summed E-state index contributed by atoms with van der Waals surface area (Å²) < 4.78 is 19.9. The summed E-state index contributed by atoms with van der Waals surface area (Å²) in [7, 11) is -4.09. The lowest BCUT2D eigenvalue weighted by atomic mass is 9.62. The molecule has 0 aliphatic heterocycles. The lowest BCUT2D eigenvalue weighted by Crippen LogP contribution is -2.50. The lowest BCUT2D eigenvalue weighted by molar-refractivity contribution is 0.0850. The second-order valence-electron chi connectivity index (χ2n) is 13.4. The zero-order chi connectivity index (χ0) is 28.7. The van der Waals surface area contributed by atoms with E-state index in [1.54, 1.807) is 24.3 Å². The van der Waals surface area contributed by atoms with Crippen LogP contribution in [0.3, 0.4) is 0 Å². The summed E-state index contributed by atoms with van der Waals surface area (Å²) in [6.45, 7) is 14.6. The van der Waals surface area contributed by atoms with Crippen molar-refractivity contribution in [1.82, 2.24) is 0 Å². The van der Waals surface area contributed by atoms with Crippen LogP contribution >= 0.6 is 7.60 Å². The molecular formula is C33H61O4P.